The van der Waals surface area contributed by atoms with E-state index in [4.69, 9.17) is 0 Å². The Bertz CT molecular complexity index is 1440. The Kier molecular flexibility index (Phi) is 6.56. The molecule has 5 rings (SSSR count). The summed E-state index contributed by atoms with van der Waals surface area (Å²) in [6.45, 7) is 0.673. The van der Waals surface area contributed by atoms with Crippen LogP contribution in [-0.4, -0.2) is 48.4 Å². The molecule has 1 N–H and O–H groups in total. The van der Waals surface area contributed by atoms with Gasteiger partial charge in [0.05, 0.1) is 25.0 Å². The highest BCUT2D eigenvalue weighted by Gasteiger charge is 2.46. The molecule has 1 aliphatic heterocycles. The highest BCUT2D eigenvalue weighted by Crippen LogP contribution is 2.28. The van der Waals surface area contributed by atoms with Crippen molar-refractivity contribution in [2.24, 2.45) is 0 Å². The lowest BCUT2D eigenvalue weighted by atomic mass is 10.0. The van der Waals surface area contributed by atoms with Crippen LogP contribution in [0.15, 0.2) is 83.7 Å². The molecule has 8 nitrogen and oxygen atoms in total. The standard InChI is InChI=1S/C27H23BrN4O4/c28-21-10-8-18(9-11-21)14-30-17-29-13-22(30)16-32-26(35)24(12-25(33)34)31(27(32)36)15-20-6-3-5-19-4-1-2-7-23(19)20/h1-11,13,17,24H,12,14-16H2,(H,33,34). The van der Waals surface area contributed by atoms with Gasteiger partial charge in [0.15, 0.2) is 0 Å². The predicted molar refractivity (Wildman–Crippen MR) is 137 cm³/mol. The first-order chi connectivity index (χ1) is 17.4. The summed E-state index contributed by atoms with van der Waals surface area (Å²) in [5.74, 6) is -1.65. The fraction of sp³-hybridized carbons (Fsp3) is 0.185. The largest absolute Gasteiger partial charge is 0.481 e. The minimum absolute atomic E-state index is 0.0103. The van der Waals surface area contributed by atoms with Gasteiger partial charge in [0.25, 0.3) is 5.91 Å². The van der Waals surface area contributed by atoms with E-state index in [2.05, 4.69) is 20.9 Å². The molecule has 0 saturated carbocycles. The Morgan fingerprint density at radius 2 is 1.69 bits per heavy atom. The van der Waals surface area contributed by atoms with Crippen LogP contribution in [-0.2, 0) is 29.2 Å². The number of aromatic nitrogens is 2. The van der Waals surface area contributed by atoms with Gasteiger partial charge >= 0.3 is 12.0 Å². The van der Waals surface area contributed by atoms with Crippen LogP contribution < -0.4 is 0 Å². The van der Waals surface area contributed by atoms with Crippen LogP contribution in [0.25, 0.3) is 10.8 Å². The zero-order valence-corrected chi connectivity index (χ0v) is 20.8. The lowest BCUT2D eigenvalue weighted by Crippen LogP contribution is -2.36. The Balaban J connectivity index is 1.41. The van der Waals surface area contributed by atoms with E-state index in [1.54, 1.807) is 12.5 Å². The van der Waals surface area contributed by atoms with E-state index in [9.17, 15) is 19.5 Å². The van der Waals surface area contributed by atoms with Gasteiger partial charge in [-0.1, -0.05) is 70.5 Å². The number of carbonyl (C=O) groups is 3. The summed E-state index contributed by atoms with van der Waals surface area (Å²) in [5, 5.41) is 11.4. The SMILES string of the molecule is O=C(O)CC1C(=O)N(Cc2cncn2Cc2ccc(Br)cc2)C(=O)N1Cc1cccc2ccccc12. The molecule has 1 saturated heterocycles. The summed E-state index contributed by atoms with van der Waals surface area (Å²) in [4.78, 5) is 45.1. The van der Waals surface area contributed by atoms with Gasteiger partial charge in [-0.2, -0.15) is 0 Å². The number of amides is 3. The van der Waals surface area contributed by atoms with Gasteiger partial charge in [-0.25, -0.2) is 9.78 Å². The lowest BCUT2D eigenvalue weighted by Gasteiger charge is -2.22. The summed E-state index contributed by atoms with van der Waals surface area (Å²) >= 11 is 3.43. The zero-order valence-electron chi connectivity index (χ0n) is 19.3. The average Bonchev–Trinajstić information content (AvgIpc) is 3.39. The van der Waals surface area contributed by atoms with Crippen LogP contribution in [0, 0.1) is 0 Å². The molecular weight excluding hydrogens is 524 g/mol. The molecule has 4 aromatic rings. The maximum absolute atomic E-state index is 13.5. The predicted octanol–water partition coefficient (Wildman–Crippen LogP) is 4.65. The maximum atomic E-state index is 13.5. The summed E-state index contributed by atoms with van der Waals surface area (Å²) in [6.07, 6.45) is 2.83. The van der Waals surface area contributed by atoms with Crippen LogP contribution in [0.3, 0.4) is 0 Å². The third kappa shape index (κ3) is 4.74. The molecule has 9 heteroatoms. The summed E-state index contributed by atoms with van der Waals surface area (Å²) in [5.41, 5.74) is 2.57. The van der Waals surface area contributed by atoms with E-state index in [1.807, 2.05) is 71.3 Å². The first-order valence-corrected chi connectivity index (χ1v) is 12.2. The second-order valence-electron chi connectivity index (χ2n) is 8.73. The lowest BCUT2D eigenvalue weighted by molar-refractivity contribution is -0.141. The number of carboxylic acids is 1. The van der Waals surface area contributed by atoms with E-state index < -0.39 is 30.4 Å². The Hall–Kier alpha value is -3.98. The molecule has 3 aromatic carbocycles. The molecule has 1 aromatic heterocycles. The van der Waals surface area contributed by atoms with Crippen LogP contribution >= 0.6 is 15.9 Å². The number of imide groups is 1. The van der Waals surface area contributed by atoms with Crippen LogP contribution in [0.1, 0.15) is 23.2 Å². The molecular formula is C27H23BrN4O4. The van der Waals surface area contributed by atoms with Crippen molar-refractivity contribution in [3.05, 3.63) is 101 Å². The van der Waals surface area contributed by atoms with E-state index >= 15 is 0 Å². The van der Waals surface area contributed by atoms with Crippen molar-refractivity contribution in [3.63, 3.8) is 0 Å². The van der Waals surface area contributed by atoms with E-state index in [1.165, 1.54) is 4.90 Å². The van der Waals surface area contributed by atoms with Gasteiger partial charge in [0.1, 0.15) is 6.04 Å². The fourth-order valence-corrected chi connectivity index (χ4v) is 4.83. The van der Waals surface area contributed by atoms with Gasteiger partial charge in [-0.15, -0.1) is 0 Å². The first-order valence-electron chi connectivity index (χ1n) is 11.4. The van der Waals surface area contributed by atoms with Crippen LogP contribution in [0.5, 0.6) is 0 Å². The number of hydrogen-bond donors (Lipinski definition) is 1. The van der Waals surface area contributed by atoms with E-state index in [-0.39, 0.29) is 13.1 Å². The average molecular weight is 547 g/mol. The molecule has 0 radical (unpaired) electrons. The molecule has 2 heterocycles. The number of halogens is 1. The van der Waals surface area contributed by atoms with E-state index in [0.29, 0.717) is 12.2 Å². The Morgan fingerprint density at radius 1 is 0.944 bits per heavy atom. The second kappa shape index (κ2) is 9.94. The number of urea groups is 1. The molecule has 0 spiro atoms. The van der Waals surface area contributed by atoms with Crippen molar-refractivity contribution in [2.45, 2.75) is 32.1 Å². The van der Waals surface area contributed by atoms with Gasteiger partial charge < -0.3 is 14.6 Å². The monoisotopic (exact) mass is 546 g/mol. The number of imidazole rings is 1. The number of carboxylic acid groups (broad SMARTS) is 1. The molecule has 1 aliphatic rings. The van der Waals surface area contributed by atoms with Gasteiger partial charge in [-0.3, -0.25) is 14.5 Å². The van der Waals surface area contributed by atoms with Gasteiger partial charge in [0, 0.05) is 23.8 Å². The molecule has 1 unspecified atom stereocenters. The first kappa shape index (κ1) is 23.7. The minimum atomic E-state index is -1.13. The number of nitrogens with zero attached hydrogens (tertiary/aromatic N) is 4. The molecule has 1 fully saturated rings. The molecule has 36 heavy (non-hydrogen) atoms. The number of hydrogen-bond acceptors (Lipinski definition) is 4. The highest BCUT2D eigenvalue weighted by atomic mass is 79.9. The number of benzene rings is 3. The second-order valence-corrected chi connectivity index (χ2v) is 9.64. The van der Waals surface area contributed by atoms with Crippen molar-refractivity contribution in [3.8, 4) is 0 Å². The Morgan fingerprint density at radius 3 is 2.47 bits per heavy atom. The van der Waals surface area contributed by atoms with Crippen molar-refractivity contribution in [2.75, 3.05) is 0 Å². The highest BCUT2D eigenvalue weighted by molar-refractivity contribution is 9.10. The third-order valence-electron chi connectivity index (χ3n) is 6.38. The summed E-state index contributed by atoms with van der Waals surface area (Å²) in [7, 11) is 0. The summed E-state index contributed by atoms with van der Waals surface area (Å²) in [6, 6.07) is 19.8. The van der Waals surface area contributed by atoms with Crippen molar-refractivity contribution in [1.29, 1.82) is 0 Å². The van der Waals surface area contributed by atoms with Crippen LogP contribution in [0.4, 0.5) is 4.79 Å². The van der Waals surface area contributed by atoms with E-state index in [0.717, 1.165) is 31.3 Å². The van der Waals surface area contributed by atoms with Gasteiger partial charge in [-0.05, 0) is 34.0 Å². The minimum Gasteiger partial charge on any atom is -0.481 e. The topological polar surface area (TPSA) is 95.7 Å². The van der Waals surface area contributed by atoms with Gasteiger partial charge in [0.2, 0.25) is 0 Å². The van der Waals surface area contributed by atoms with Crippen molar-refractivity contribution < 1.29 is 19.5 Å². The summed E-state index contributed by atoms with van der Waals surface area (Å²) < 4.78 is 2.85. The zero-order chi connectivity index (χ0) is 25.2. The Labute approximate surface area is 215 Å². The number of aliphatic carboxylic acids is 1. The smallest absolute Gasteiger partial charge is 0.328 e. The molecule has 0 aliphatic carbocycles. The number of carbonyl (C=O) groups excluding carboxylic acids is 2. The number of fused-ring (bicyclic) bond motifs is 1. The van der Waals surface area contributed by atoms with Crippen LogP contribution in [0.2, 0.25) is 0 Å². The van der Waals surface area contributed by atoms with Crippen molar-refractivity contribution in [1.82, 2.24) is 19.4 Å². The fourth-order valence-electron chi connectivity index (χ4n) is 4.57. The van der Waals surface area contributed by atoms with Crippen molar-refractivity contribution >= 4 is 44.6 Å². The maximum Gasteiger partial charge on any atom is 0.328 e. The number of rotatable bonds is 8. The molecule has 1 atom stereocenters. The molecule has 3 amide bonds. The third-order valence-corrected chi connectivity index (χ3v) is 6.91. The molecule has 182 valence electrons. The molecule has 0 bridgehead atoms. The normalized spacial score (nSPS) is 15.8. The quantitative estimate of drug-likeness (QED) is 0.324.